The van der Waals surface area contributed by atoms with E-state index in [-0.39, 0.29) is 0 Å². The quantitative estimate of drug-likeness (QED) is 0.180. The van der Waals surface area contributed by atoms with E-state index < -0.39 is 0 Å². The van der Waals surface area contributed by atoms with Crippen LogP contribution in [0, 0.1) is 0 Å². The Labute approximate surface area is 273 Å². The van der Waals surface area contributed by atoms with Crippen LogP contribution in [0.2, 0.25) is 0 Å². The predicted molar refractivity (Wildman–Crippen MR) is 197 cm³/mol. The molecule has 3 aromatic heterocycles. The Bertz CT molecular complexity index is 2530. The van der Waals surface area contributed by atoms with Crippen LogP contribution in [0.1, 0.15) is 0 Å². The molecule has 0 saturated heterocycles. The van der Waals surface area contributed by atoms with Crippen LogP contribution < -0.4 is 0 Å². The lowest BCUT2D eigenvalue weighted by Crippen LogP contribution is -2.09. The highest BCUT2D eigenvalue weighted by Gasteiger charge is 2.25. The van der Waals surface area contributed by atoms with Crippen LogP contribution in [0.5, 0.6) is 0 Å². The second-order valence-corrected chi connectivity index (χ2v) is 12.8. The van der Waals surface area contributed by atoms with E-state index >= 15 is 0 Å². The van der Waals surface area contributed by atoms with E-state index in [2.05, 4.69) is 187 Å². The van der Waals surface area contributed by atoms with Crippen molar-refractivity contribution in [3.63, 3.8) is 0 Å². The lowest BCUT2D eigenvalue weighted by Gasteiger charge is -2.22. The summed E-state index contributed by atoms with van der Waals surface area (Å²) in [7, 11) is 0. The molecule has 0 radical (unpaired) electrons. The molecule has 7 aromatic carbocycles. The zero-order valence-corrected chi connectivity index (χ0v) is 26.3. The van der Waals surface area contributed by atoms with Gasteiger partial charge in [-0.3, -0.25) is 0 Å². The van der Waals surface area contributed by atoms with Crippen molar-refractivity contribution in [1.82, 2.24) is 13.7 Å². The largest absolute Gasteiger partial charge is 0.307 e. The molecule has 46 heavy (non-hydrogen) atoms. The summed E-state index contributed by atoms with van der Waals surface area (Å²) in [6, 6.07) is 57.2. The number of nitrogens with zero attached hydrogens (tertiary/aromatic N) is 3. The first kappa shape index (κ1) is 25.7. The van der Waals surface area contributed by atoms with Gasteiger partial charge in [0.1, 0.15) is 0 Å². The molecule has 0 saturated carbocycles. The third-order valence-electron chi connectivity index (χ3n) is 9.48. The van der Waals surface area contributed by atoms with Gasteiger partial charge in [-0.1, -0.05) is 125 Å². The second kappa shape index (κ2) is 9.71. The van der Waals surface area contributed by atoms with Crippen molar-refractivity contribution in [2.45, 2.75) is 0 Å². The second-order valence-electron chi connectivity index (χ2n) is 11.9. The summed E-state index contributed by atoms with van der Waals surface area (Å²) in [6.07, 6.45) is 0. The molecular weight excluding hydrogens is 626 g/mol. The maximum absolute atomic E-state index is 4.00. The number of hydrogen-bond donors (Lipinski definition) is 0. The molecule has 3 heterocycles. The van der Waals surface area contributed by atoms with Gasteiger partial charge in [-0.15, -0.1) is 0 Å². The standard InChI is InChI=1S/C42H26BrN3/c43-27-25-40(44-34-19-7-1-13-28(34)29-14-2-8-20-35(29)44)42(46-38-23-11-5-17-32(38)33-18-6-12-24-39(33)46)41(26-27)45-36-21-9-3-15-30(36)31-16-4-10-22-37(31)45/h1-26H. The smallest absolute Gasteiger partial charge is 0.0947 e. The van der Waals surface area contributed by atoms with Crippen molar-refractivity contribution in [2.24, 2.45) is 0 Å². The summed E-state index contributed by atoms with van der Waals surface area (Å²) in [4.78, 5) is 0. The van der Waals surface area contributed by atoms with E-state index in [1.54, 1.807) is 0 Å². The first-order valence-corrected chi connectivity index (χ1v) is 16.4. The summed E-state index contributed by atoms with van der Waals surface area (Å²) in [5.74, 6) is 0. The summed E-state index contributed by atoms with van der Waals surface area (Å²) in [6.45, 7) is 0. The van der Waals surface area contributed by atoms with Gasteiger partial charge in [0, 0.05) is 36.8 Å². The number of rotatable bonds is 3. The lowest BCUT2D eigenvalue weighted by molar-refractivity contribution is 1.05. The number of para-hydroxylation sites is 6. The minimum absolute atomic E-state index is 1.02. The molecule has 0 bridgehead atoms. The van der Waals surface area contributed by atoms with Crippen molar-refractivity contribution in [2.75, 3.05) is 0 Å². The first-order chi connectivity index (χ1) is 22.8. The van der Waals surface area contributed by atoms with Gasteiger partial charge < -0.3 is 13.7 Å². The monoisotopic (exact) mass is 651 g/mol. The zero-order chi connectivity index (χ0) is 30.4. The van der Waals surface area contributed by atoms with E-state index in [1.807, 2.05) is 0 Å². The van der Waals surface area contributed by atoms with Gasteiger partial charge in [0.05, 0.1) is 50.2 Å². The molecule has 3 nitrogen and oxygen atoms in total. The van der Waals surface area contributed by atoms with Crippen LogP contribution in [0.3, 0.4) is 0 Å². The Morgan fingerprint density at radius 3 is 0.826 bits per heavy atom. The molecule has 0 aliphatic heterocycles. The first-order valence-electron chi connectivity index (χ1n) is 15.6. The topological polar surface area (TPSA) is 14.8 Å². The Balaban J connectivity index is 1.48. The Morgan fingerprint density at radius 1 is 0.304 bits per heavy atom. The number of aromatic nitrogens is 3. The highest BCUT2D eigenvalue weighted by Crippen LogP contribution is 2.43. The Kier molecular flexibility index (Phi) is 5.43. The SMILES string of the molecule is Brc1cc(-n2c3ccccc3c3ccccc32)c(-n2c3ccccc3c3ccccc32)c(-n2c3ccccc3c3ccccc32)c1. The van der Waals surface area contributed by atoms with Gasteiger partial charge in [-0.05, 0) is 48.5 Å². The molecule has 4 heteroatoms. The molecule has 0 aliphatic rings. The van der Waals surface area contributed by atoms with E-state index in [0.29, 0.717) is 0 Å². The zero-order valence-electron chi connectivity index (χ0n) is 24.7. The number of benzene rings is 7. The van der Waals surface area contributed by atoms with Crippen molar-refractivity contribution < 1.29 is 0 Å². The fourth-order valence-corrected chi connectivity index (χ4v) is 8.10. The average molecular weight is 653 g/mol. The molecule has 10 aromatic rings. The van der Waals surface area contributed by atoms with Crippen molar-refractivity contribution in [1.29, 1.82) is 0 Å². The molecule has 0 N–H and O–H groups in total. The lowest BCUT2D eigenvalue weighted by atomic mass is 10.1. The molecule has 0 fully saturated rings. The summed E-state index contributed by atoms with van der Waals surface area (Å²) >= 11 is 4.00. The van der Waals surface area contributed by atoms with Gasteiger partial charge in [-0.2, -0.15) is 0 Å². The molecular formula is C42H26BrN3. The molecule has 0 spiro atoms. The molecule has 0 aliphatic carbocycles. The molecule has 0 atom stereocenters. The fourth-order valence-electron chi connectivity index (χ4n) is 7.67. The predicted octanol–water partition coefficient (Wildman–Crippen LogP) is 11.7. The maximum atomic E-state index is 4.00. The normalized spacial score (nSPS) is 12.0. The van der Waals surface area contributed by atoms with Gasteiger partial charge in [0.15, 0.2) is 0 Å². The van der Waals surface area contributed by atoms with Crippen LogP contribution >= 0.6 is 15.9 Å². The highest BCUT2D eigenvalue weighted by atomic mass is 79.9. The van der Waals surface area contributed by atoms with Crippen molar-refractivity contribution in [3.8, 4) is 17.1 Å². The van der Waals surface area contributed by atoms with Crippen molar-refractivity contribution >= 4 is 81.3 Å². The molecule has 0 amide bonds. The number of halogens is 1. The van der Waals surface area contributed by atoms with Gasteiger partial charge in [0.2, 0.25) is 0 Å². The Hall–Kier alpha value is -5.58. The third kappa shape index (κ3) is 3.48. The summed E-state index contributed by atoms with van der Waals surface area (Å²) in [5.41, 5.74) is 10.4. The van der Waals surface area contributed by atoms with Crippen LogP contribution in [0.15, 0.2) is 162 Å². The van der Waals surface area contributed by atoms with Gasteiger partial charge in [0.25, 0.3) is 0 Å². The maximum Gasteiger partial charge on any atom is 0.0947 e. The van der Waals surface area contributed by atoms with Crippen LogP contribution in [-0.2, 0) is 0 Å². The van der Waals surface area contributed by atoms with E-state index in [0.717, 1.165) is 21.5 Å². The third-order valence-corrected chi connectivity index (χ3v) is 9.94. The highest BCUT2D eigenvalue weighted by molar-refractivity contribution is 9.10. The number of fused-ring (bicyclic) bond motifs is 9. The molecule has 216 valence electrons. The number of hydrogen-bond acceptors (Lipinski definition) is 0. The van der Waals surface area contributed by atoms with Gasteiger partial charge in [-0.25, -0.2) is 0 Å². The van der Waals surface area contributed by atoms with Crippen LogP contribution in [0.25, 0.3) is 82.5 Å². The van der Waals surface area contributed by atoms with Gasteiger partial charge >= 0.3 is 0 Å². The van der Waals surface area contributed by atoms with E-state index in [9.17, 15) is 0 Å². The fraction of sp³-hybridized carbons (Fsp3) is 0. The summed E-state index contributed by atoms with van der Waals surface area (Å²) in [5, 5.41) is 7.44. The minimum atomic E-state index is 1.02. The van der Waals surface area contributed by atoms with Crippen LogP contribution in [-0.4, -0.2) is 13.7 Å². The van der Waals surface area contributed by atoms with E-state index in [1.165, 1.54) is 65.4 Å². The Morgan fingerprint density at radius 2 is 0.543 bits per heavy atom. The van der Waals surface area contributed by atoms with Crippen molar-refractivity contribution in [3.05, 3.63) is 162 Å². The molecule has 0 unspecified atom stereocenters. The van der Waals surface area contributed by atoms with Crippen LogP contribution in [0.4, 0.5) is 0 Å². The summed E-state index contributed by atoms with van der Waals surface area (Å²) < 4.78 is 8.40. The molecule has 10 rings (SSSR count). The minimum Gasteiger partial charge on any atom is -0.307 e. The van der Waals surface area contributed by atoms with E-state index in [4.69, 9.17) is 0 Å². The average Bonchev–Trinajstić information content (AvgIpc) is 3.74.